The van der Waals surface area contributed by atoms with Gasteiger partial charge in [0.05, 0.1) is 0 Å². The lowest BCUT2D eigenvalue weighted by Gasteiger charge is -2.34. The molecule has 0 aliphatic carbocycles. The monoisotopic (exact) mass is 407 g/mol. The van der Waals surface area contributed by atoms with Crippen molar-refractivity contribution in [1.29, 1.82) is 0 Å². The third-order valence-corrected chi connectivity index (χ3v) is 6.39. The van der Waals surface area contributed by atoms with Gasteiger partial charge in [-0.2, -0.15) is 0 Å². The Bertz CT molecular complexity index is 875. The van der Waals surface area contributed by atoms with Crippen LogP contribution in [0.25, 0.3) is 0 Å². The Kier molecular flexibility index (Phi) is 6.30. The SMILES string of the molecule is Cc1nc(C2CCN(C(=O)C(C)C)CC2)nc2c1CCCN2CCc1ccccn1. The normalized spacial score (nSPS) is 17.3. The minimum absolute atomic E-state index is 0.0662. The van der Waals surface area contributed by atoms with Crippen molar-refractivity contribution in [3.05, 3.63) is 47.2 Å². The number of piperidine rings is 1. The van der Waals surface area contributed by atoms with Gasteiger partial charge in [0.15, 0.2) is 0 Å². The van der Waals surface area contributed by atoms with Gasteiger partial charge in [0.2, 0.25) is 5.91 Å². The van der Waals surface area contributed by atoms with Gasteiger partial charge in [-0.15, -0.1) is 0 Å². The number of likely N-dealkylation sites (tertiary alicyclic amines) is 1. The average molecular weight is 408 g/mol. The van der Waals surface area contributed by atoms with Crippen LogP contribution in [0.15, 0.2) is 24.4 Å². The van der Waals surface area contributed by atoms with Crippen LogP contribution >= 0.6 is 0 Å². The molecule has 0 spiro atoms. The van der Waals surface area contributed by atoms with E-state index in [2.05, 4.69) is 22.9 Å². The molecule has 2 aromatic heterocycles. The fraction of sp³-hybridized carbons (Fsp3) is 0.583. The molecule has 2 aromatic rings. The van der Waals surface area contributed by atoms with Crippen LogP contribution in [0.1, 0.15) is 61.8 Å². The van der Waals surface area contributed by atoms with E-state index in [-0.39, 0.29) is 11.8 Å². The number of carbonyl (C=O) groups excluding carboxylic acids is 1. The summed E-state index contributed by atoms with van der Waals surface area (Å²) in [5.41, 5.74) is 3.55. The van der Waals surface area contributed by atoms with Crippen molar-refractivity contribution < 1.29 is 4.79 Å². The number of pyridine rings is 1. The minimum atomic E-state index is 0.0662. The number of anilines is 1. The molecule has 160 valence electrons. The molecular formula is C24H33N5O. The van der Waals surface area contributed by atoms with Gasteiger partial charge < -0.3 is 9.80 Å². The van der Waals surface area contributed by atoms with Gasteiger partial charge in [0.25, 0.3) is 0 Å². The molecule has 0 atom stereocenters. The number of fused-ring (bicyclic) bond motifs is 1. The first-order valence-electron chi connectivity index (χ1n) is 11.3. The molecule has 1 fully saturated rings. The summed E-state index contributed by atoms with van der Waals surface area (Å²) >= 11 is 0. The van der Waals surface area contributed by atoms with Gasteiger partial charge in [-0.3, -0.25) is 9.78 Å². The summed E-state index contributed by atoms with van der Waals surface area (Å²) in [6.07, 6.45) is 6.89. The van der Waals surface area contributed by atoms with E-state index in [0.29, 0.717) is 5.92 Å². The first kappa shape index (κ1) is 20.8. The maximum Gasteiger partial charge on any atom is 0.225 e. The van der Waals surface area contributed by atoms with Crippen LogP contribution in [0.2, 0.25) is 0 Å². The number of hydrogen-bond acceptors (Lipinski definition) is 5. The van der Waals surface area contributed by atoms with Crippen LogP contribution in [0.3, 0.4) is 0 Å². The fourth-order valence-corrected chi connectivity index (χ4v) is 4.63. The highest BCUT2D eigenvalue weighted by Gasteiger charge is 2.29. The van der Waals surface area contributed by atoms with Crippen LogP contribution in [-0.2, 0) is 17.6 Å². The van der Waals surface area contributed by atoms with Crippen LogP contribution in [0.5, 0.6) is 0 Å². The summed E-state index contributed by atoms with van der Waals surface area (Å²) in [4.78, 5) is 31.2. The Balaban J connectivity index is 1.49. The third-order valence-electron chi connectivity index (χ3n) is 6.39. The molecule has 0 saturated carbocycles. The highest BCUT2D eigenvalue weighted by Crippen LogP contribution is 2.32. The van der Waals surface area contributed by atoms with Gasteiger partial charge in [-0.05, 0) is 44.7 Å². The smallest absolute Gasteiger partial charge is 0.225 e. The number of rotatable bonds is 5. The van der Waals surface area contributed by atoms with E-state index in [0.717, 1.165) is 81.3 Å². The molecule has 0 aromatic carbocycles. The summed E-state index contributed by atoms with van der Waals surface area (Å²) in [5, 5.41) is 0. The summed E-state index contributed by atoms with van der Waals surface area (Å²) < 4.78 is 0. The molecule has 0 bridgehead atoms. The molecule has 0 unspecified atom stereocenters. The highest BCUT2D eigenvalue weighted by atomic mass is 16.2. The van der Waals surface area contributed by atoms with Crippen molar-refractivity contribution in [1.82, 2.24) is 19.9 Å². The Morgan fingerprint density at radius 2 is 1.97 bits per heavy atom. The maximum atomic E-state index is 12.3. The first-order chi connectivity index (χ1) is 14.5. The predicted octanol–water partition coefficient (Wildman–Crippen LogP) is 3.54. The van der Waals surface area contributed by atoms with Crippen molar-refractivity contribution in [2.75, 3.05) is 31.1 Å². The lowest BCUT2D eigenvalue weighted by Crippen LogP contribution is -2.40. The second kappa shape index (κ2) is 9.11. The molecule has 4 heterocycles. The third kappa shape index (κ3) is 4.47. The average Bonchev–Trinajstić information content (AvgIpc) is 2.78. The Morgan fingerprint density at radius 1 is 1.17 bits per heavy atom. The lowest BCUT2D eigenvalue weighted by molar-refractivity contribution is -0.135. The number of nitrogens with zero attached hydrogens (tertiary/aromatic N) is 5. The lowest BCUT2D eigenvalue weighted by atomic mass is 9.94. The van der Waals surface area contributed by atoms with Crippen LogP contribution in [0, 0.1) is 12.8 Å². The Hall–Kier alpha value is -2.50. The van der Waals surface area contributed by atoms with Crippen molar-refractivity contribution in [3.63, 3.8) is 0 Å². The van der Waals surface area contributed by atoms with Crippen molar-refractivity contribution >= 4 is 11.7 Å². The van der Waals surface area contributed by atoms with Gasteiger partial charge in [0.1, 0.15) is 11.6 Å². The Labute approximate surface area is 179 Å². The maximum absolute atomic E-state index is 12.3. The van der Waals surface area contributed by atoms with Crippen molar-refractivity contribution in [2.24, 2.45) is 5.92 Å². The van der Waals surface area contributed by atoms with E-state index >= 15 is 0 Å². The zero-order valence-corrected chi connectivity index (χ0v) is 18.5. The molecule has 4 rings (SSSR count). The van der Waals surface area contributed by atoms with Gasteiger partial charge in [0, 0.05) is 67.6 Å². The highest BCUT2D eigenvalue weighted by molar-refractivity contribution is 5.78. The van der Waals surface area contributed by atoms with Crippen molar-refractivity contribution in [3.8, 4) is 0 Å². The van der Waals surface area contributed by atoms with Crippen LogP contribution < -0.4 is 4.90 Å². The van der Waals surface area contributed by atoms with Crippen LogP contribution in [-0.4, -0.2) is 51.9 Å². The van der Waals surface area contributed by atoms with Crippen molar-refractivity contribution in [2.45, 2.75) is 58.8 Å². The molecule has 1 saturated heterocycles. The molecular weight excluding hydrogens is 374 g/mol. The zero-order valence-electron chi connectivity index (χ0n) is 18.5. The number of carbonyl (C=O) groups is 1. The summed E-state index contributed by atoms with van der Waals surface area (Å²) in [6, 6.07) is 6.10. The quantitative estimate of drug-likeness (QED) is 0.759. The first-order valence-corrected chi connectivity index (χ1v) is 11.3. The second-order valence-electron chi connectivity index (χ2n) is 8.89. The fourth-order valence-electron chi connectivity index (χ4n) is 4.63. The van der Waals surface area contributed by atoms with E-state index in [4.69, 9.17) is 9.97 Å². The number of aromatic nitrogens is 3. The number of hydrogen-bond donors (Lipinski definition) is 0. The molecule has 30 heavy (non-hydrogen) atoms. The summed E-state index contributed by atoms with van der Waals surface area (Å²) in [7, 11) is 0. The second-order valence-corrected chi connectivity index (χ2v) is 8.89. The van der Waals surface area contributed by atoms with Gasteiger partial charge >= 0.3 is 0 Å². The molecule has 0 radical (unpaired) electrons. The molecule has 1 amide bonds. The van der Waals surface area contributed by atoms with E-state index in [1.807, 2.05) is 37.1 Å². The molecule has 2 aliphatic heterocycles. The number of amides is 1. The largest absolute Gasteiger partial charge is 0.356 e. The molecule has 6 nitrogen and oxygen atoms in total. The van der Waals surface area contributed by atoms with Crippen LogP contribution in [0.4, 0.5) is 5.82 Å². The van der Waals surface area contributed by atoms with E-state index in [1.54, 1.807) is 0 Å². The molecule has 2 aliphatic rings. The standard InChI is InChI=1S/C24H33N5O/c1-17(2)24(30)29-14-9-19(10-15-29)22-26-18(3)21-8-6-13-28(23(21)27-22)16-11-20-7-4-5-12-25-20/h4-5,7,12,17,19H,6,8-11,13-16H2,1-3H3. The van der Waals surface area contributed by atoms with E-state index < -0.39 is 0 Å². The van der Waals surface area contributed by atoms with E-state index in [1.165, 1.54) is 5.56 Å². The Morgan fingerprint density at radius 3 is 2.67 bits per heavy atom. The molecule has 6 heteroatoms. The van der Waals surface area contributed by atoms with Gasteiger partial charge in [-0.1, -0.05) is 19.9 Å². The number of aryl methyl sites for hydroxylation is 1. The topological polar surface area (TPSA) is 62.2 Å². The minimum Gasteiger partial charge on any atom is -0.356 e. The summed E-state index contributed by atoms with van der Waals surface area (Å²) in [6.45, 7) is 9.67. The van der Waals surface area contributed by atoms with Gasteiger partial charge in [-0.25, -0.2) is 9.97 Å². The zero-order chi connectivity index (χ0) is 21.1. The predicted molar refractivity (Wildman–Crippen MR) is 119 cm³/mol. The van der Waals surface area contributed by atoms with E-state index in [9.17, 15) is 4.79 Å². The summed E-state index contributed by atoms with van der Waals surface area (Å²) in [5.74, 6) is 2.76. The molecule has 0 N–H and O–H groups in total.